The van der Waals surface area contributed by atoms with Crippen molar-refractivity contribution in [2.75, 3.05) is 0 Å². The predicted octanol–water partition coefficient (Wildman–Crippen LogP) is 3.01. The molecule has 0 spiro atoms. The summed E-state index contributed by atoms with van der Waals surface area (Å²) in [5.41, 5.74) is 0.748. The molecule has 3 nitrogen and oxygen atoms in total. The molecule has 1 aromatic heterocycles. The van der Waals surface area contributed by atoms with Crippen LogP contribution in [0.15, 0.2) is 16.7 Å². The Morgan fingerprint density at radius 2 is 2.21 bits per heavy atom. The molecule has 4 heteroatoms. The van der Waals surface area contributed by atoms with Gasteiger partial charge in [-0.2, -0.15) is 11.8 Å². The van der Waals surface area contributed by atoms with Crippen molar-refractivity contribution in [3.05, 3.63) is 23.7 Å². The first-order valence-electron chi connectivity index (χ1n) is 4.34. The molecule has 1 N–H and O–H groups in total. The van der Waals surface area contributed by atoms with Gasteiger partial charge in [-0.15, -0.1) is 0 Å². The fourth-order valence-electron chi connectivity index (χ4n) is 0.931. The molecule has 0 unspecified atom stereocenters. The molecule has 0 aliphatic heterocycles. The van der Waals surface area contributed by atoms with Gasteiger partial charge in [0.15, 0.2) is 0 Å². The first-order chi connectivity index (χ1) is 6.40. The summed E-state index contributed by atoms with van der Waals surface area (Å²) in [7, 11) is 0. The van der Waals surface area contributed by atoms with Gasteiger partial charge in [0.2, 0.25) is 5.76 Å². The number of hydrogen-bond acceptors (Lipinski definition) is 3. The lowest BCUT2D eigenvalue weighted by Gasteiger charge is -2.16. The van der Waals surface area contributed by atoms with E-state index in [0.717, 1.165) is 5.56 Å². The van der Waals surface area contributed by atoms with E-state index in [2.05, 4.69) is 20.8 Å². The van der Waals surface area contributed by atoms with Crippen LogP contribution in [0.5, 0.6) is 0 Å². The number of aromatic carboxylic acids is 1. The van der Waals surface area contributed by atoms with Crippen LogP contribution in [0, 0.1) is 0 Å². The van der Waals surface area contributed by atoms with E-state index in [1.165, 1.54) is 6.26 Å². The van der Waals surface area contributed by atoms with Crippen LogP contribution >= 0.6 is 11.8 Å². The van der Waals surface area contributed by atoms with Crippen LogP contribution in [0.3, 0.4) is 0 Å². The van der Waals surface area contributed by atoms with Crippen LogP contribution in [0.4, 0.5) is 0 Å². The second-order valence-electron chi connectivity index (χ2n) is 3.98. The minimum atomic E-state index is -1.00. The lowest BCUT2D eigenvalue weighted by molar-refractivity contribution is 0.0661. The Morgan fingerprint density at radius 1 is 1.57 bits per heavy atom. The van der Waals surface area contributed by atoms with Crippen LogP contribution in [-0.4, -0.2) is 15.8 Å². The topological polar surface area (TPSA) is 50.4 Å². The number of rotatable bonds is 3. The van der Waals surface area contributed by atoms with Crippen molar-refractivity contribution >= 4 is 17.7 Å². The molecule has 1 rings (SSSR count). The van der Waals surface area contributed by atoms with E-state index in [1.54, 1.807) is 17.8 Å². The summed E-state index contributed by atoms with van der Waals surface area (Å²) in [5.74, 6) is -0.275. The van der Waals surface area contributed by atoms with Crippen molar-refractivity contribution in [2.45, 2.75) is 31.3 Å². The fourth-order valence-corrected chi connectivity index (χ4v) is 1.75. The average Bonchev–Trinajstić information content (AvgIpc) is 2.46. The first-order valence-corrected chi connectivity index (χ1v) is 5.32. The molecule has 1 heterocycles. The number of carbonyl (C=O) groups is 1. The molecule has 0 amide bonds. The maximum atomic E-state index is 10.7. The lowest BCUT2D eigenvalue weighted by Crippen LogP contribution is -2.08. The predicted molar refractivity (Wildman–Crippen MR) is 56.7 cm³/mol. The summed E-state index contributed by atoms with van der Waals surface area (Å²) in [6.45, 7) is 6.29. The summed E-state index contributed by atoms with van der Waals surface area (Å²) in [6.07, 6.45) is 1.42. The van der Waals surface area contributed by atoms with Gasteiger partial charge in [0, 0.05) is 16.1 Å². The molecule has 0 aromatic carbocycles. The average molecular weight is 214 g/mol. The van der Waals surface area contributed by atoms with Gasteiger partial charge in [-0.05, 0) is 6.07 Å². The van der Waals surface area contributed by atoms with Gasteiger partial charge < -0.3 is 9.52 Å². The molecule has 0 radical (unpaired) electrons. The summed E-state index contributed by atoms with van der Waals surface area (Å²) in [4.78, 5) is 10.7. The zero-order valence-corrected chi connectivity index (χ0v) is 9.35. The summed E-state index contributed by atoms with van der Waals surface area (Å²) < 4.78 is 5.01. The van der Waals surface area contributed by atoms with Gasteiger partial charge in [0.05, 0.1) is 6.26 Å². The van der Waals surface area contributed by atoms with E-state index in [1.807, 2.05) is 0 Å². The van der Waals surface area contributed by atoms with Gasteiger partial charge in [-0.25, -0.2) is 4.79 Å². The number of furan rings is 1. The van der Waals surface area contributed by atoms with Crippen molar-refractivity contribution in [3.8, 4) is 0 Å². The van der Waals surface area contributed by atoms with Crippen LogP contribution < -0.4 is 0 Å². The quantitative estimate of drug-likeness (QED) is 0.840. The standard InChI is InChI=1S/C10H14O3S/c1-10(2,3)14-6-7-4-5-13-8(7)9(11)12/h4-5H,6H2,1-3H3,(H,11,12). The second-order valence-corrected chi connectivity index (χ2v) is 5.78. The van der Waals surface area contributed by atoms with Crippen LogP contribution in [-0.2, 0) is 5.75 Å². The van der Waals surface area contributed by atoms with Gasteiger partial charge in [0.1, 0.15) is 0 Å². The van der Waals surface area contributed by atoms with Gasteiger partial charge in [-0.3, -0.25) is 0 Å². The van der Waals surface area contributed by atoms with Crippen LogP contribution in [0.25, 0.3) is 0 Å². The van der Waals surface area contributed by atoms with Gasteiger partial charge >= 0.3 is 5.97 Å². The Bertz CT molecular complexity index is 322. The van der Waals surface area contributed by atoms with E-state index >= 15 is 0 Å². The molecule has 1 aromatic rings. The van der Waals surface area contributed by atoms with E-state index in [4.69, 9.17) is 9.52 Å². The Balaban J connectivity index is 2.68. The largest absolute Gasteiger partial charge is 0.475 e. The maximum absolute atomic E-state index is 10.7. The summed E-state index contributed by atoms with van der Waals surface area (Å²) in [6, 6.07) is 1.71. The van der Waals surface area contributed by atoms with Gasteiger partial charge in [-0.1, -0.05) is 20.8 Å². The highest BCUT2D eigenvalue weighted by Crippen LogP contribution is 2.28. The van der Waals surface area contributed by atoms with Crippen molar-refractivity contribution in [3.63, 3.8) is 0 Å². The van der Waals surface area contributed by atoms with Gasteiger partial charge in [0.25, 0.3) is 0 Å². The second kappa shape index (κ2) is 4.09. The molecule has 0 saturated heterocycles. The minimum absolute atomic E-state index is 0.0572. The van der Waals surface area contributed by atoms with E-state index in [9.17, 15) is 4.79 Å². The van der Waals surface area contributed by atoms with Crippen molar-refractivity contribution in [1.29, 1.82) is 0 Å². The normalized spacial score (nSPS) is 11.6. The highest BCUT2D eigenvalue weighted by Gasteiger charge is 2.17. The third-order valence-electron chi connectivity index (χ3n) is 1.60. The molecule has 0 fully saturated rings. The lowest BCUT2D eigenvalue weighted by atomic mass is 10.2. The molecule has 0 atom stereocenters. The Kier molecular flexibility index (Phi) is 3.26. The first kappa shape index (κ1) is 11.2. The van der Waals surface area contributed by atoms with E-state index in [0.29, 0.717) is 5.75 Å². The maximum Gasteiger partial charge on any atom is 0.372 e. The van der Waals surface area contributed by atoms with Crippen molar-refractivity contribution < 1.29 is 14.3 Å². The van der Waals surface area contributed by atoms with Crippen molar-refractivity contribution in [2.24, 2.45) is 0 Å². The van der Waals surface area contributed by atoms with E-state index in [-0.39, 0.29) is 10.5 Å². The molecule has 14 heavy (non-hydrogen) atoms. The Morgan fingerprint density at radius 3 is 2.71 bits per heavy atom. The number of carboxylic acid groups (broad SMARTS) is 1. The van der Waals surface area contributed by atoms with E-state index < -0.39 is 5.97 Å². The SMILES string of the molecule is CC(C)(C)SCc1ccoc1C(=O)O. The number of carboxylic acids is 1. The summed E-state index contributed by atoms with van der Waals surface area (Å²) in [5, 5.41) is 8.78. The highest BCUT2D eigenvalue weighted by atomic mass is 32.2. The monoisotopic (exact) mass is 214 g/mol. The number of thioether (sulfide) groups is 1. The molecule has 0 bridgehead atoms. The Labute approximate surface area is 87.5 Å². The molecule has 0 aliphatic rings. The molecule has 0 aliphatic carbocycles. The minimum Gasteiger partial charge on any atom is -0.475 e. The molecular weight excluding hydrogens is 200 g/mol. The third kappa shape index (κ3) is 3.10. The molecule has 78 valence electrons. The third-order valence-corrected chi connectivity index (χ3v) is 2.92. The highest BCUT2D eigenvalue weighted by molar-refractivity contribution is 7.99. The summed E-state index contributed by atoms with van der Waals surface area (Å²) >= 11 is 1.70. The van der Waals surface area contributed by atoms with Crippen LogP contribution in [0.1, 0.15) is 36.9 Å². The number of hydrogen-bond donors (Lipinski definition) is 1. The Hall–Kier alpha value is -0.900. The molecule has 0 saturated carbocycles. The smallest absolute Gasteiger partial charge is 0.372 e. The fraction of sp³-hybridized carbons (Fsp3) is 0.500. The van der Waals surface area contributed by atoms with Crippen molar-refractivity contribution in [1.82, 2.24) is 0 Å². The molecular formula is C10H14O3S. The zero-order chi connectivity index (χ0) is 10.8. The van der Waals surface area contributed by atoms with Crippen LogP contribution in [0.2, 0.25) is 0 Å². The zero-order valence-electron chi connectivity index (χ0n) is 8.53.